The Hall–Kier alpha value is -3.55. The zero-order valence-corrected chi connectivity index (χ0v) is 17.2. The summed E-state index contributed by atoms with van der Waals surface area (Å²) in [5.74, 6) is 0.463. The van der Waals surface area contributed by atoms with Crippen LogP contribution in [0.4, 0.5) is 10.5 Å². The van der Waals surface area contributed by atoms with Gasteiger partial charge in [0.1, 0.15) is 23.6 Å². The molecule has 3 rings (SSSR count). The van der Waals surface area contributed by atoms with Crippen molar-refractivity contribution in [2.45, 2.75) is 25.3 Å². The minimum Gasteiger partial charge on any atom is -0.497 e. The maximum Gasteiger partial charge on any atom is 0.325 e. The van der Waals surface area contributed by atoms with Gasteiger partial charge in [0.05, 0.1) is 14.2 Å². The number of carbonyl (C=O) groups excluding carboxylic acids is 3. The standard InChI is InChI=1S/C22H25N3O5/c1-22(12-11-15-7-9-17(29-2)10-8-15)20(27)25(21(28)24-22)14-19(26)23-16-5-4-6-18(13-16)30-3/h4-10,13H,11-12,14H2,1-3H3,(H,23,26)(H,24,28)/t22-/m0/s1. The zero-order chi connectivity index (χ0) is 21.7. The molecule has 1 heterocycles. The SMILES string of the molecule is COc1ccc(CC[C@]2(C)NC(=O)N(CC(=O)Nc3cccc(OC)c3)C2=O)cc1. The average Bonchev–Trinajstić information content (AvgIpc) is 2.96. The third-order valence-corrected chi connectivity index (χ3v) is 5.07. The van der Waals surface area contributed by atoms with Crippen molar-refractivity contribution in [1.82, 2.24) is 10.2 Å². The van der Waals surface area contributed by atoms with E-state index < -0.39 is 23.4 Å². The van der Waals surface area contributed by atoms with Crippen molar-refractivity contribution in [3.8, 4) is 11.5 Å². The molecule has 1 saturated heterocycles. The summed E-state index contributed by atoms with van der Waals surface area (Å²) >= 11 is 0. The molecule has 0 radical (unpaired) electrons. The molecule has 0 aromatic heterocycles. The Morgan fingerprint density at radius 3 is 2.43 bits per heavy atom. The molecule has 2 aromatic carbocycles. The predicted octanol–water partition coefficient (Wildman–Crippen LogP) is 2.59. The van der Waals surface area contributed by atoms with Crippen molar-refractivity contribution >= 4 is 23.5 Å². The van der Waals surface area contributed by atoms with E-state index in [1.807, 2.05) is 24.3 Å². The third-order valence-electron chi connectivity index (χ3n) is 5.07. The van der Waals surface area contributed by atoms with Crippen LogP contribution in [0.5, 0.6) is 11.5 Å². The summed E-state index contributed by atoms with van der Waals surface area (Å²) in [6, 6.07) is 13.8. The number of hydrogen-bond acceptors (Lipinski definition) is 5. The van der Waals surface area contributed by atoms with Crippen molar-refractivity contribution in [1.29, 1.82) is 0 Å². The smallest absolute Gasteiger partial charge is 0.325 e. The van der Waals surface area contributed by atoms with Crippen LogP contribution < -0.4 is 20.1 Å². The van der Waals surface area contributed by atoms with Gasteiger partial charge in [0.25, 0.3) is 5.91 Å². The molecule has 30 heavy (non-hydrogen) atoms. The Morgan fingerprint density at radius 2 is 1.77 bits per heavy atom. The fraction of sp³-hybridized carbons (Fsp3) is 0.318. The third kappa shape index (κ3) is 4.71. The molecule has 0 aliphatic carbocycles. The second kappa shape index (κ2) is 8.86. The Morgan fingerprint density at radius 1 is 1.07 bits per heavy atom. The van der Waals surface area contributed by atoms with Crippen LogP contribution in [-0.4, -0.2) is 49.0 Å². The number of nitrogens with zero attached hydrogens (tertiary/aromatic N) is 1. The number of ether oxygens (including phenoxy) is 2. The number of urea groups is 1. The van der Waals surface area contributed by atoms with E-state index in [1.54, 1.807) is 38.3 Å². The molecule has 1 fully saturated rings. The summed E-state index contributed by atoms with van der Waals surface area (Å²) in [6.45, 7) is 1.32. The van der Waals surface area contributed by atoms with Gasteiger partial charge in [0.15, 0.2) is 0 Å². The number of nitrogens with one attached hydrogen (secondary N) is 2. The predicted molar refractivity (Wildman–Crippen MR) is 112 cm³/mol. The van der Waals surface area contributed by atoms with Crippen LogP contribution in [0.1, 0.15) is 18.9 Å². The lowest BCUT2D eigenvalue weighted by molar-refractivity contribution is -0.133. The number of benzene rings is 2. The molecule has 2 aromatic rings. The quantitative estimate of drug-likeness (QED) is 0.651. The van der Waals surface area contributed by atoms with Gasteiger partial charge in [-0.05, 0) is 49.6 Å². The summed E-state index contributed by atoms with van der Waals surface area (Å²) in [4.78, 5) is 38.6. The molecule has 0 bridgehead atoms. The molecule has 1 aliphatic heterocycles. The molecule has 0 unspecified atom stereocenters. The minimum absolute atomic E-state index is 0.361. The van der Waals surface area contributed by atoms with Gasteiger partial charge in [-0.3, -0.25) is 14.5 Å². The molecule has 8 nitrogen and oxygen atoms in total. The summed E-state index contributed by atoms with van der Waals surface area (Å²) in [5.41, 5.74) is 0.481. The fourth-order valence-corrected chi connectivity index (χ4v) is 3.29. The highest BCUT2D eigenvalue weighted by Crippen LogP contribution is 2.24. The lowest BCUT2D eigenvalue weighted by atomic mass is 9.93. The van der Waals surface area contributed by atoms with E-state index in [0.29, 0.717) is 24.3 Å². The van der Waals surface area contributed by atoms with Crippen molar-refractivity contribution in [2.24, 2.45) is 0 Å². The first kappa shape index (κ1) is 21.2. The summed E-state index contributed by atoms with van der Waals surface area (Å²) in [5, 5.41) is 5.40. The Balaban J connectivity index is 1.60. The lowest BCUT2D eigenvalue weighted by Crippen LogP contribution is -2.45. The van der Waals surface area contributed by atoms with Crippen molar-refractivity contribution in [3.63, 3.8) is 0 Å². The molecular weight excluding hydrogens is 386 g/mol. The first-order valence-electron chi connectivity index (χ1n) is 9.55. The molecule has 1 atom stereocenters. The monoisotopic (exact) mass is 411 g/mol. The Bertz CT molecular complexity index is 944. The van der Waals surface area contributed by atoms with Crippen molar-refractivity contribution in [2.75, 3.05) is 26.1 Å². The highest BCUT2D eigenvalue weighted by molar-refractivity contribution is 6.09. The van der Waals surface area contributed by atoms with Gasteiger partial charge < -0.3 is 20.1 Å². The Labute approximate surface area is 175 Å². The topological polar surface area (TPSA) is 97.0 Å². The first-order chi connectivity index (χ1) is 14.3. The van der Waals surface area contributed by atoms with E-state index in [4.69, 9.17) is 9.47 Å². The fourth-order valence-electron chi connectivity index (χ4n) is 3.29. The molecule has 158 valence electrons. The van der Waals surface area contributed by atoms with Crippen LogP contribution in [0, 0.1) is 0 Å². The molecule has 8 heteroatoms. The van der Waals surface area contributed by atoms with Crippen LogP contribution in [-0.2, 0) is 16.0 Å². The van der Waals surface area contributed by atoms with E-state index >= 15 is 0 Å². The van der Waals surface area contributed by atoms with Gasteiger partial charge in [-0.15, -0.1) is 0 Å². The van der Waals surface area contributed by atoms with Crippen LogP contribution in [0.3, 0.4) is 0 Å². The van der Waals surface area contributed by atoms with E-state index in [1.165, 1.54) is 7.11 Å². The van der Waals surface area contributed by atoms with Gasteiger partial charge in [0, 0.05) is 11.8 Å². The maximum atomic E-state index is 12.9. The zero-order valence-electron chi connectivity index (χ0n) is 17.2. The first-order valence-corrected chi connectivity index (χ1v) is 9.55. The van der Waals surface area contributed by atoms with Gasteiger partial charge in [-0.25, -0.2) is 4.79 Å². The normalized spacial score (nSPS) is 18.2. The van der Waals surface area contributed by atoms with Crippen LogP contribution in [0.2, 0.25) is 0 Å². The van der Waals surface area contributed by atoms with Crippen LogP contribution in [0.25, 0.3) is 0 Å². The molecule has 2 N–H and O–H groups in total. The second-order valence-electron chi connectivity index (χ2n) is 7.28. The van der Waals surface area contributed by atoms with Gasteiger partial charge >= 0.3 is 6.03 Å². The average molecular weight is 411 g/mol. The number of aryl methyl sites for hydroxylation is 1. The molecule has 4 amide bonds. The largest absolute Gasteiger partial charge is 0.497 e. The van der Waals surface area contributed by atoms with E-state index in [0.717, 1.165) is 16.2 Å². The van der Waals surface area contributed by atoms with E-state index in [9.17, 15) is 14.4 Å². The van der Waals surface area contributed by atoms with Gasteiger partial charge in [-0.1, -0.05) is 18.2 Å². The number of rotatable bonds is 8. The highest BCUT2D eigenvalue weighted by Gasteiger charge is 2.47. The van der Waals surface area contributed by atoms with Crippen molar-refractivity contribution in [3.05, 3.63) is 54.1 Å². The molecule has 0 saturated carbocycles. The van der Waals surface area contributed by atoms with Crippen molar-refractivity contribution < 1.29 is 23.9 Å². The van der Waals surface area contributed by atoms with Crippen LogP contribution in [0.15, 0.2) is 48.5 Å². The highest BCUT2D eigenvalue weighted by atomic mass is 16.5. The van der Waals surface area contributed by atoms with Gasteiger partial charge in [0.2, 0.25) is 5.91 Å². The summed E-state index contributed by atoms with van der Waals surface area (Å²) < 4.78 is 10.3. The second-order valence-corrected chi connectivity index (χ2v) is 7.28. The maximum absolute atomic E-state index is 12.9. The molecule has 0 spiro atoms. The number of imide groups is 1. The lowest BCUT2D eigenvalue weighted by Gasteiger charge is -2.21. The van der Waals surface area contributed by atoms with E-state index in [2.05, 4.69) is 10.6 Å². The molecular formula is C22H25N3O5. The van der Waals surface area contributed by atoms with Gasteiger partial charge in [-0.2, -0.15) is 0 Å². The number of amides is 4. The summed E-state index contributed by atoms with van der Waals surface area (Å²) in [6.07, 6.45) is 1.01. The van der Waals surface area contributed by atoms with Crippen LogP contribution >= 0.6 is 0 Å². The Kier molecular flexibility index (Phi) is 6.25. The number of anilines is 1. The number of hydrogen-bond donors (Lipinski definition) is 2. The number of methoxy groups -OCH3 is 2. The van der Waals surface area contributed by atoms with E-state index in [-0.39, 0.29) is 6.54 Å². The molecule has 1 aliphatic rings. The number of carbonyl (C=O) groups is 3. The minimum atomic E-state index is -1.06. The summed E-state index contributed by atoms with van der Waals surface area (Å²) in [7, 11) is 3.13.